The molecule has 0 radical (unpaired) electrons. The predicted molar refractivity (Wildman–Crippen MR) is 46.0 cm³/mol. The second-order valence-corrected chi connectivity index (χ2v) is 3.49. The lowest BCUT2D eigenvalue weighted by Gasteiger charge is -1.96. The lowest BCUT2D eigenvalue weighted by Crippen LogP contribution is -1.94. The molecule has 2 nitrogen and oxygen atoms in total. The zero-order valence-electron chi connectivity index (χ0n) is 5.94. The molecule has 0 unspecified atom stereocenters. The molecule has 1 rings (SSSR count). The van der Waals surface area contributed by atoms with Crippen LogP contribution in [0.5, 0.6) is 0 Å². The first kappa shape index (κ1) is 7.82. The number of nitrogens with zero attached hydrogens (tertiary/aromatic N) is 1. The average Bonchev–Trinajstić information content (AvgIpc) is 2.13. The van der Waals surface area contributed by atoms with E-state index in [9.17, 15) is 0 Å². The molecule has 0 saturated carbocycles. The molecule has 0 spiro atoms. The third-order valence-electron chi connectivity index (χ3n) is 1.11. The molecule has 0 aliphatic heterocycles. The largest absolute Gasteiger partial charge is 0.376 e. The van der Waals surface area contributed by atoms with Crippen LogP contribution in [0.15, 0.2) is 0 Å². The van der Waals surface area contributed by atoms with Gasteiger partial charge in [-0.2, -0.15) is 0 Å². The van der Waals surface area contributed by atoms with Gasteiger partial charge in [-0.1, -0.05) is 22.9 Å². The van der Waals surface area contributed by atoms with Crippen molar-refractivity contribution in [2.24, 2.45) is 0 Å². The SMILES string of the molecule is CCNc1sc(Cl)nc1C. The molecule has 0 aromatic carbocycles. The monoisotopic (exact) mass is 176 g/mol. The molecule has 0 atom stereocenters. The van der Waals surface area contributed by atoms with E-state index in [1.807, 2.05) is 13.8 Å². The number of hydrogen-bond donors (Lipinski definition) is 1. The van der Waals surface area contributed by atoms with Crippen LogP contribution in [0.2, 0.25) is 4.47 Å². The lowest BCUT2D eigenvalue weighted by atomic mass is 10.5. The number of aryl methyl sites for hydroxylation is 1. The van der Waals surface area contributed by atoms with Crippen molar-refractivity contribution in [1.82, 2.24) is 4.98 Å². The summed E-state index contributed by atoms with van der Waals surface area (Å²) in [5.41, 5.74) is 0.983. The zero-order chi connectivity index (χ0) is 7.56. The van der Waals surface area contributed by atoms with Gasteiger partial charge < -0.3 is 5.32 Å². The number of halogens is 1. The summed E-state index contributed by atoms with van der Waals surface area (Å²) < 4.78 is 0.605. The number of aromatic nitrogens is 1. The Kier molecular flexibility index (Phi) is 2.51. The maximum atomic E-state index is 5.67. The molecule has 56 valence electrons. The first-order chi connectivity index (χ1) is 4.74. The second kappa shape index (κ2) is 3.21. The van der Waals surface area contributed by atoms with E-state index in [0.29, 0.717) is 4.47 Å². The highest BCUT2D eigenvalue weighted by Crippen LogP contribution is 2.26. The van der Waals surface area contributed by atoms with Gasteiger partial charge in [-0.3, -0.25) is 0 Å². The molecule has 1 heterocycles. The van der Waals surface area contributed by atoms with Crippen LogP contribution < -0.4 is 5.32 Å². The van der Waals surface area contributed by atoms with Gasteiger partial charge >= 0.3 is 0 Å². The van der Waals surface area contributed by atoms with Crippen molar-refractivity contribution in [3.8, 4) is 0 Å². The Bertz CT molecular complexity index is 222. The van der Waals surface area contributed by atoms with Crippen molar-refractivity contribution < 1.29 is 0 Å². The van der Waals surface area contributed by atoms with E-state index in [2.05, 4.69) is 10.3 Å². The highest BCUT2D eigenvalue weighted by Gasteiger charge is 2.02. The van der Waals surface area contributed by atoms with E-state index in [1.54, 1.807) is 0 Å². The average molecular weight is 177 g/mol. The third-order valence-corrected chi connectivity index (χ3v) is 2.33. The molecule has 0 saturated heterocycles. The molecule has 1 aromatic rings. The number of rotatable bonds is 2. The fourth-order valence-corrected chi connectivity index (χ4v) is 1.81. The first-order valence-corrected chi connectivity index (χ1v) is 4.30. The minimum atomic E-state index is 0.605. The van der Waals surface area contributed by atoms with Gasteiger partial charge in [-0.15, -0.1) is 0 Å². The Morgan fingerprint density at radius 3 is 2.80 bits per heavy atom. The van der Waals surface area contributed by atoms with Gasteiger partial charge in [0, 0.05) is 6.54 Å². The van der Waals surface area contributed by atoms with Crippen LogP contribution in [0.3, 0.4) is 0 Å². The van der Waals surface area contributed by atoms with Gasteiger partial charge in [0.05, 0.1) is 5.69 Å². The molecule has 0 fully saturated rings. The smallest absolute Gasteiger partial charge is 0.185 e. The van der Waals surface area contributed by atoms with E-state index < -0.39 is 0 Å². The maximum Gasteiger partial charge on any atom is 0.185 e. The quantitative estimate of drug-likeness (QED) is 0.749. The van der Waals surface area contributed by atoms with Crippen molar-refractivity contribution in [3.05, 3.63) is 10.2 Å². The molecule has 0 bridgehead atoms. The summed E-state index contributed by atoms with van der Waals surface area (Å²) in [4.78, 5) is 4.05. The van der Waals surface area contributed by atoms with Gasteiger partial charge in [0.2, 0.25) is 0 Å². The third kappa shape index (κ3) is 1.61. The van der Waals surface area contributed by atoms with E-state index in [1.165, 1.54) is 11.3 Å². The second-order valence-electron chi connectivity index (χ2n) is 1.91. The van der Waals surface area contributed by atoms with Gasteiger partial charge in [0.1, 0.15) is 5.00 Å². The fraction of sp³-hybridized carbons (Fsp3) is 0.500. The standard InChI is InChI=1S/C6H9ClN2S/c1-3-8-5-4(2)9-6(7)10-5/h8H,3H2,1-2H3. The van der Waals surface area contributed by atoms with Crippen molar-refractivity contribution >= 4 is 27.9 Å². The summed E-state index contributed by atoms with van der Waals surface area (Å²) in [5, 5.41) is 4.24. The molecule has 4 heteroatoms. The van der Waals surface area contributed by atoms with E-state index >= 15 is 0 Å². The Morgan fingerprint density at radius 2 is 2.40 bits per heavy atom. The summed E-state index contributed by atoms with van der Waals surface area (Å²) in [5.74, 6) is 0. The molecule has 10 heavy (non-hydrogen) atoms. The van der Waals surface area contributed by atoms with Gasteiger partial charge in [0.25, 0.3) is 0 Å². The molecule has 0 amide bonds. The van der Waals surface area contributed by atoms with Crippen LogP contribution in [0, 0.1) is 6.92 Å². The van der Waals surface area contributed by atoms with Crippen LogP contribution in [-0.2, 0) is 0 Å². The molecule has 1 N–H and O–H groups in total. The molecule has 0 aliphatic carbocycles. The van der Waals surface area contributed by atoms with Crippen molar-refractivity contribution in [1.29, 1.82) is 0 Å². The van der Waals surface area contributed by atoms with Crippen molar-refractivity contribution in [2.45, 2.75) is 13.8 Å². The van der Waals surface area contributed by atoms with Crippen LogP contribution in [0.4, 0.5) is 5.00 Å². The Labute approximate surface area is 69.2 Å². The van der Waals surface area contributed by atoms with Crippen molar-refractivity contribution in [3.63, 3.8) is 0 Å². The molecule has 0 aliphatic rings. The number of nitrogens with one attached hydrogen (secondary N) is 1. The summed E-state index contributed by atoms with van der Waals surface area (Å²) in [7, 11) is 0. The fourth-order valence-electron chi connectivity index (χ4n) is 0.688. The molecular formula is C6H9ClN2S. The topological polar surface area (TPSA) is 24.9 Å². The minimum Gasteiger partial charge on any atom is -0.376 e. The highest BCUT2D eigenvalue weighted by molar-refractivity contribution is 7.19. The Hall–Kier alpha value is -0.280. The zero-order valence-corrected chi connectivity index (χ0v) is 7.51. The summed E-state index contributed by atoms with van der Waals surface area (Å²) in [6.07, 6.45) is 0. The van der Waals surface area contributed by atoms with Crippen LogP contribution in [-0.4, -0.2) is 11.5 Å². The molecule has 1 aromatic heterocycles. The van der Waals surface area contributed by atoms with E-state index in [-0.39, 0.29) is 0 Å². The lowest BCUT2D eigenvalue weighted by molar-refractivity contribution is 1.19. The number of hydrogen-bond acceptors (Lipinski definition) is 3. The normalized spacial score (nSPS) is 9.90. The highest BCUT2D eigenvalue weighted by atomic mass is 35.5. The number of thiazole rings is 1. The predicted octanol–water partition coefficient (Wildman–Crippen LogP) is 2.54. The maximum absolute atomic E-state index is 5.67. The number of anilines is 1. The van der Waals surface area contributed by atoms with E-state index in [4.69, 9.17) is 11.6 Å². The van der Waals surface area contributed by atoms with Gasteiger partial charge in [0.15, 0.2) is 4.47 Å². The minimum absolute atomic E-state index is 0.605. The van der Waals surface area contributed by atoms with E-state index in [0.717, 1.165) is 17.2 Å². The van der Waals surface area contributed by atoms with Crippen LogP contribution in [0.25, 0.3) is 0 Å². The van der Waals surface area contributed by atoms with Crippen molar-refractivity contribution in [2.75, 3.05) is 11.9 Å². The van der Waals surface area contributed by atoms with Crippen LogP contribution >= 0.6 is 22.9 Å². The Morgan fingerprint density at radius 1 is 1.70 bits per heavy atom. The van der Waals surface area contributed by atoms with Gasteiger partial charge in [-0.05, 0) is 13.8 Å². The summed E-state index contributed by atoms with van der Waals surface area (Å²) in [6, 6.07) is 0. The Balaban J connectivity index is 2.81. The first-order valence-electron chi connectivity index (χ1n) is 3.11. The summed E-state index contributed by atoms with van der Waals surface area (Å²) in [6.45, 7) is 4.91. The summed E-state index contributed by atoms with van der Waals surface area (Å²) >= 11 is 7.15. The van der Waals surface area contributed by atoms with Gasteiger partial charge in [-0.25, -0.2) is 4.98 Å². The van der Waals surface area contributed by atoms with Crippen LogP contribution in [0.1, 0.15) is 12.6 Å². The molecular weight excluding hydrogens is 168 g/mol.